The molecular formula is C50H28N4S. The van der Waals surface area contributed by atoms with E-state index < -0.39 is 0 Å². The molecule has 0 saturated heterocycles. The molecule has 0 spiro atoms. The summed E-state index contributed by atoms with van der Waals surface area (Å²) in [5.41, 5.74) is 10.3. The van der Waals surface area contributed by atoms with Crippen molar-refractivity contribution in [2.45, 2.75) is 0 Å². The van der Waals surface area contributed by atoms with E-state index in [-0.39, 0.29) is 0 Å². The molecule has 0 aliphatic rings. The van der Waals surface area contributed by atoms with Crippen LogP contribution in [0.3, 0.4) is 0 Å². The first-order valence-corrected chi connectivity index (χ1v) is 19.5. The third-order valence-electron chi connectivity index (χ3n) is 11.7. The molecule has 0 amide bonds. The summed E-state index contributed by atoms with van der Waals surface area (Å²) in [7, 11) is 0. The van der Waals surface area contributed by atoms with Crippen LogP contribution in [0.4, 0.5) is 0 Å². The van der Waals surface area contributed by atoms with Crippen LogP contribution in [0.25, 0.3) is 119 Å². The lowest BCUT2D eigenvalue weighted by Crippen LogP contribution is -2.03. The Labute approximate surface area is 318 Å². The number of rotatable bonds is 3. The summed E-state index contributed by atoms with van der Waals surface area (Å²) in [5, 5.41) is 12.2. The van der Waals surface area contributed by atoms with Crippen molar-refractivity contribution < 1.29 is 0 Å². The number of nitrogens with zero attached hydrogens (tertiary/aromatic N) is 4. The molecule has 0 fully saturated rings. The first kappa shape index (κ1) is 29.4. The van der Waals surface area contributed by atoms with E-state index in [4.69, 9.17) is 9.97 Å². The summed E-state index contributed by atoms with van der Waals surface area (Å²) in [5.74, 6) is 0.681. The van der Waals surface area contributed by atoms with Crippen molar-refractivity contribution in [2.24, 2.45) is 0 Å². The first-order valence-electron chi connectivity index (χ1n) is 18.7. The fourth-order valence-corrected chi connectivity index (χ4v) is 10.4. The summed E-state index contributed by atoms with van der Waals surface area (Å²) in [6.07, 6.45) is 0. The molecule has 5 heteroatoms. The van der Waals surface area contributed by atoms with Gasteiger partial charge in [-0.3, -0.25) is 4.57 Å². The first-order chi connectivity index (χ1) is 27.3. The molecule has 0 radical (unpaired) electrons. The second kappa shape index (κ2) is 10.8. The summed E-state index contributed by atoms with van der Waals surface area (Å²) < 4.78 is 6.03. The zero-order valence-corrected chi connectivity index (χ0v) is 30.2. The van der Waals surface area contributed by atoms with Gasteiger partial charge in [0.1, 0.15) is 4.83 Å². The molecule has 13 aromatic rings. The van der Waals surface area contributed by atoms with Gasteiger partial charge in [-0.05, 0) is 52.2 Å². The van der Waals surface area contributed by atoms with E-state index in [0.29, 0.717) is 5.95 Å². The van der Waals surface area contributed by atoms with E-state index in [1.54, 1.807) is 11.3 Å². The highest BCUT2D eigenvalue weighted by Crippen LogP contribution is 2.48. The minimum atomic E-state index is 0.681. The Kier molecular flexibility index (Phi) is 5.74. The van der Waals surface area contributed by atoms with Crippen LogP contribution in [0.1, 0.15) is 0 Å². The largest absolute Gasteiger partial charge is 0.308 e. The molecule has 0 aliphatic heterocycles. The number of thiophene rings is 1. The van der Waals surface area contributed by atoms with E-state index in [0.717, 1.165) is 32.5 Å². The van der Waals surface area contributed by atoms with Crippen LogP contribution in [0.5, 0.6) is 0 Å². The highest BCUT2D eigenvalue weighted by molar-refractivity contribution is 7.25. The minimum Gasteiger partial charge on any atom is -0.308 e. The van der Waals surface area contributed by atoms with Gasteiger partial charge in [0, 0.05) is 53.4 Å². The Bertz CT molecular complexity index is 3700. The van der Waals surface area contributed by atoms with E-state index in [2.05, 4.69) is 179 Å². The fraction of sp³-hybridized carbons (Fsp3) is 0. The van der Waals surface area contributed by atoms with Gasteiger partial charge in [0.05, 0.1) is 33.3 Å². The molecule has 4 nitrogen and oxygen atoms in total. The molecule has 55 heavy (non-hydrogen) atoms. The molecule has 0 atom stereocenters. The van der Waals surface area contributed by atoms with Crippen molar-refractivity contribution in [3.05, 3.63) is 170 Å². The van der Waals surface area contributed by atoms with Gasteiger partial charge in [-0.15, -0.1) is 11.3 Å². The fourth-order valence-electron chi connectivity index (χ4n) is 9.35. The third-order valence-corrected chi connectivity index (χ3v) is 12.7. The SMILES string of the molecule is c1ccc(-c2ccc(-c3nc(-n4c5ccccc5c5cc6c7c8ccccc8ccc7n7c8ccccc8c(c54)c67)nc4sc5ccccc5c34)cc2)cc1. The van der Waals surface area contributed by atoms with Gasteiger partial charge in [0.2, 0.25) is 5.95 Å². The summed E-state index contributed by atoms with van der Waals surface area (Å²) in [6, 6.07) is 61.4. The Morgan fingerprint density at radius 2 is 1.07 bits per heavy atom. The number of fused-ring (bicyclic) bond motifs is 15. The van der Waals surface area contributed by atoms with Crippen LogP contribution >= 0.6 is 11.3 Å². The number of aromatic nitrogens is 4. The van der Waals surface area contributed by atoms with Crippen molar-refractivity contribution in [1.29, 1.82) is 0 Å². The molecule has 5 heterocycles. The van der Waals surface area contributed by atoms with Gasteiger partial charge in [-0.1, -0.05) is 140 Å². The molecule has 0 aliphatic carbocycles. The number of hydrogen-bond acceptors (Lipinski definition) is 3. The Morgan fingerprint density at radius 3 is 1.93 bits per heavy atom. The van der Waals surface area contributed by atoms with Crippen LogP contribution < -0.4 is 0 Å². The standard InChI is InChI=1S/C50H28N4S/c1-2-12-29(13-3-1)30-22-24-32(25-23-30)46-44-36-18-8-11-21-42(36)55-49(44)52-50(51-46)54-39-19-9-6-16-34(39)37-28-38-43-33-15-5-4-14-31(33)26-27-41(43)53-40-20-10-7-17-35(40)45(47(37)54)48(38)53/h1-28H. The van der Waals surface area contributed by atoms with Crippen LogP contribution in [0.15, 0.2) is 170 Å². The van der Waals surface area contributed by atoms with Crippen LogP contribution in [0.2, 0.25) is 0 Å². The average Bonchev–Trinajstić information content (AvgIpc) is 3.99. The maximum absolute atomic E-state index is 5.60. The molecule has 5 aromatic heterocycles. The third kappa shape index (κ3) is 3.89. The van der Waals surface area contributed by atoms with Gasteiger partial charge in [-0.2, -0.15) is 0 Å². The second-order valence-electron chi connectivity index (χ2n) is 14.5. The van der Waals surface area contributed by atoms with Crippen molar-refractivity contribution in [1.82, 2.24) is 18.9 Å². The predicted molar refractivity (Wildman–Crippen MR) is 232 cm³/mol. The van der Waals surface area contributed by atoms with Gasteiger partial charge >= 0.3 is 0 Å². The van der Waals surface area contributed by atoms with E-state index in [9.17, 15) is 0 Å². The smallest absolute Gasteiger partial charge is 0.236 e. The molecule has 13 rings (SSSR count). The molecule has 0 N–H and O–H groups in total. The topological polar surface area (TPSA) is 35.1 Å². The minimum absolute atomic E-state index is 0.681. The van der Waals surface area contributed by atoms with E-state index in [1.807, 2.05) is 0 Å². The molecule has 0 bridgehead atoms. The van der Waals surface area contributed by atoms with Crippen LogP contribution in [-0.4, -0.2) is 18.9 Å². The van der Waals surface area contributed by atoms with Crippen LogP contribution in [0, 0.1) is 0 Å². The van der Waals surface area contributed by atoms with Gasteiger partial charge in [-0.25, -0.2) is 9.97 Å². The highest BCUT2D eigenvalue weighted by Gasteiger charge is 2.26. The van der Waals surface area contributed by atoms with Crippen molar-refractivity contribution >= 4 is 102 Å². The zero-order chi connectivity index (χ0) is 35.8. The molecule has 254 valence electrons. The Morgan fingerprint density at radius 1 is 0.400 bits per heavy atom. The molecule has 0 saturated carbocycles. The lowest BCUT2D eigenvalue weighted by atomic mass is 10.00. The maximum atomic E-state index is 5.60. The van der Waals surface area contributed by atoms with Crippen LogP contribution in [-0.2, 0) is 0 Å². The van der Waals surface area contributed by atoms with Gasteiger partial charge in [0.15, 0.2) is 0 Å². The Hall–Kier alpha value is -7.08. The lowest BCUT2D eigenvalue weighted by Gasteiger charge is -2.12. The number of para-hydroxylation sites is 2. The predicted octanol–water partition coefficient (Wildman–Crippen LogP) is 13.6. The van der Waals surface area contributed by atoms with E-state index >= 15 is 0 Å². The summed E-state index contributed by atoms with van der Waals surface area (Å²) in [6.45, 7) is 0. The summed E-state index contributed by atoms with van der Waals surface area (Å²) in [4.78, 5) is 12.1. The maximum Gasteiger partial charge on any atom is 0.236 e. The monoisotopic (exact) mass is 716 g/mol. The van der Waals surface area contributed by atoms with Gasteiger partial charge in [0.25, 0.3) is 0 Å². The van der Waals surface area contributed by atoms with Crippen molar-refractivity contribution in [3.8, 4) is 28.3 Å². The van der Waals surface area contributed by atoms with Gasteiger partial charge < -0.3 is 4.40 Å². The number of benzene rings is 8. The number of hydrogen-bond donors (Lipinski definition) is 0. The van der Waals surface area contributed by atoms with Crippen molar-refractivity contribution in [2.75, 3.05) is 0 Å². The highest BCUT2D eigenvalue weighted by atomic mass is 32.1. The molecule has 0 unspecified atom stereocenters. The molecular weight excluding hydrogens is 689 g/mol. The van der Waals surface area contributed by atoms with E-state index in [1.165, 1.54) is 80.9 Å². The molecule has 8 aromatic carbocycles. The quantitative estimate of drug-likeness (QED) is 0.182. The normalized spacial score (nSPS) is 12.4. The van der Waals surface area contributed by atoms with Crippen molar-refractivity contribution in [3.63, 3.8) is 0 Å². The average molecular weight is 717 g/mol. The second-order valence-corrected chi connectivity index (χ2v) is 15.6. The zero-order valence-electron chi connectivity index (χ0n) is 29.4. The lowest BCUT2D eigenvalue weighted by molar-refractivity contribution is 1.02. The summed E-state index contributed by atoms with van der Waals surface area (Å²) >= 11 is 1.74. The Balaban J connectivity index is 1.19.